The fraction of sp³-hybridized carbons (Fsp3) is 0.917. The third-order valence-electron chi connectivity index (χ3n) is 2.74. The van der Waals surface area contributed by atoms with Crippen LogP contribution >= 0.6 is 0 Å². The molecule has 0 aliphatic carbocycles. The lowest BCUT2D eigenvalue weighted by Gasteiger charge is -2.19. The predicted molar refractivity (Wildman–Crippen MR) is 64.7 cm³/mol. The Kier molecular flexibility index (Phi) is 9.55. The molecule has 0 saturated carbocycles. The second-order valence-corrected chi connectivity index (χ2v) is 3.93. The van der Waals surface area contributed by atoms with Gasteiger partial charge in [-0.1, -0.05) is 13.8 Å². The Balaban J connectivity index is 3.37. The maximum Gasteiger partial charge on any atom is 0.0635 e. The van der Waals surface area contributed by atoms with Gasteiger partial charge in [-0.2, -0.15) is 5.26 Å². The van der Waals surface area contributed by atoms with Crippen molar-refractivity contribution in [2.45, 2.75) is 46.1 Å². The Labute approximate surface area is 94.5 Å². The van der Waals surface area contributed by atoms with E-state index < -0.39 is 0 Å². The van der Waals surface area contributed by atoms with Crippen LogP contribution in [-0.2, 0) is 0 Å². The van der Waals surface area contributed by atoms with Crippen molar-refractivity contribution in [2.75, 3.05) is 26.2 Å². The largest absolute Gasteiger partial charge is 0.313 e. The summed E-state index contributed by atoms with van der Waals surface area (Å²) in [5.41, 5.74) is 0. The first-order valence-corrected chi connectivity index (χ1v) is 6.07. The van der Waals surface area contributed by atoms with Gasteiger partial charge >= 0.3 is 0 Å². The van der Waals surface area contributed by atoms with Crippen LogP contribution in [-0.4, -0.2) is 37.1 Å². The summed E-state index contributed by atoms with van der Waals surface area (Å²) >= 11 is 0. The van der Waals surface area contributed by atoms with Gasteiger partial charge in [-0.3, -0.25) is 0 Å². The topological polar surface area (TPSA) is 39.1 Å². The van der Waals surface area contributed by atoms with E-state index in [9.17, 15) is 0 Å². The summed E-state index contributed by atoms with van der Waals surface area (Å²) in [7, 11) is 0. The van der Waals surface area contributed by atoms with Gasteiger partial charge in [0.15, 0.2) is 0 Å². The first kappa shape index (κ1) is 14.4. The molecule has 0 amide bonds. The fourth-order valence-electron chi connectivity index (χ4n) is 1.64. The summed E-state index contributed by atoms with van der Waals surface area (Å²) < 4.78 is 0. The van der Waals surface area contributed by atoms with Gasteiger partial charge in [0.2, 0.25) is 0 Å². The highest BCUT2D eigenvalue weighted by Gasteiger charge is 2.02. The van der Waals surface area contributed by atoms with E-state index in [-0.39, 0.29) is 0 Å². The van der Waals surface area contributed by atoms with Gasteiger partial charge in [0.05, 0.1) is 6.07 Å². The lowest BCUT2D eigenvalue weighted by molar-refractivity contribution is 0.291. The molecule has 0 aromatic carbocycles. The molecule has 0 heterocycles. The Bertz CT molecular complexity index is 170. The first-order chi connectivity index (χ1) is 7.24. The SMILES string of the molecule is CCN(CC)CCCC(C)NCCC#N. The Morgan fingerprint density at radius 3 is 2.53 bits per heavy atom. The Morgan fingerprint density at radius 2 is 2.00 bits per heavy atom. The summed E-state index contributed by atoms with van der Waals surface area (Å²) in [4.78, 5) is 2.45. The number of hydrogen-bond acceptors (Lipinski definition) is 3. The fourth-order valence-corrected chi connectivity index (χ4v) is 1.64. The molecule has 1 unspecified atom stereocenters. The lowest BCUT2D eigenvalue weighted by Crippen LogP contribution is -2.29. The third kappa shape index (κ3) is 8.41. The Morgan fingerprint density at radius 1 is 1.33 bits per heavy atom. The van der Waals surface area contributed by atoms with Crippen LogP contribution < -0.4 is 5.32 Å². The molecular weight excluding hydrogens is 186 g/mol. The smallest absolute Gasteiger partial charge is 0.0635 e. The van der Waals surface area contributed by atoms with Gasteiger partial charge in [0, 0.05) is 19.0 Å². The number of nitriles is 1. The first-order valence-electron chi connectivity index (χ1n) is 6.07. The summed E-state index contributed by atoms with van der Waals surface area (Å²) in [6.45, 7) is 10.9. The maximum atomic E-state index is 8.40. The molecule has 0 aromatic rings. The number of hydrogen-bond donors (Lipinski definition) is 1. The van der Waals surface area contributed by atoms with Crippen molar-refractivity contribution in [1.82, 2.24) is 10.2 Å². The van der Waals surface area contributed by atoms with Gasteiger partial charge in [-0.25, -0.2) is 0 Å². The molecule has 0 bridgehead atoms. The Hall–Kier alpha value is -0.590. The number of nitrogens with zero attached hydrogens (tertiary/aromatic N) is 2. The van der Waals surface area contributed by atoms with Gasteiger partial charge in [-0.05, 0) is 39.4 Å². The zero-order valence-corrected chi connectivity index (χ0v) is 10.4. The van der Waals surface area contributed by atoms with Crippen molar-refractivity contribution in [2.24, 2.45) is 0 Å². The zero-order chi connectivity index (χ0) is 11.5. The molecule has 0 radical (unpaired) electrons. The molecule has 3 heteroatoms. The number of nitrogens with one attached hydrogen (secondary N) is 1. The molecule has 88 valence electrons. The van der Waals surface area contributed by atoms with E-state index in [2.05, 4.69) is 37.1 Å². The van der Waals surface area contributed by atoms with Crippen LogP contribution in [0.5, 0.6) is 0 Å². The zero-order valence-electron chi connectivity index (χ0n) is 10.4. The van der Waals surface area contributed by atoms with Crippen LogP contribution in [0.2, 0.25) is 0 Å². The van der Waals surface area contributed by atoms with E-state index in [4.69, 9.17) is 5.26 Å². The molecule has 0 spiro atoms. The van der Waals surface area contributed by atoms with Crippen LogP contribution in [0.1, 0.15) is 40.0 Å². The minimum Gasteiger partial charge on any atom is -0.313 e. The van der Waals surface area contributed by atoms with Crippen molar-refractivity contribution >= 4 is 0 Å². The summed E-state index contributed by atoms with van der Waals surface area (Å²) in [5, 5.41) is 11.7. The highest BCUT2D eigenvalue weighted by Crippen LogP contribution is 1.99. The summed E-state index contributed by atoms with van der Waals surface area (Å²) in [5.74, 6) is 0. The second-order valence-electron chi connectivity index (χ2n) is 3.93. The van der Waals surface area contributed by atoms with Crippen molar-refractivity contribution in [1.29, 1.82) is 5.26 Å². The van der Waals surface area contributed by atoms with E-state index in [0.717, 1.165) is 19.6 Å². The molecule has 0 saturated heterocycles. The second kappa shape index (κ2) is 9.95. The van der Waals surface area contributed by atoms with E-state index >= 15 is 0 Å². The normalized spacial score (nSPS) is 12.7. The van der Waals surface area contributed by atoms with Gasteiger partial charge in [0.25, 0.3) is 0 Å². The third-order valence-corrected chi connectivity index (χ3v) is 2.74. The quantitative estimate of drug-likeness (QED) is 0.593. The predicted octanol–water partition coefficient (Wildman–Crippen LogP) is 2.00. The van der Waals surface area contributed by atoms with Gasteiger partial charge < -0.3 is 10.2 Å². The van der Waals surface area contributed by atoms with E-state index in [1.807, 2.05) is 0 Å². The van der Waals surface area contributed by atoms with Crippen LogP contribution in [0.3, 0.4) is 0 Å². The molecular formula is C12H25N3. The van der Waals surface area contributed by atoms with E-state index in [1.165, 1.54) is 19.4 Å². The van der Waals surface area contributed by atoms with Crippen molar-refractivity contribution < 1.29 is 0 Å². The minimum atomic E-state index is 0.536. The molecule has 0 aliphatic rings. The monoisotopic (exact) mass is 211 g/mol. The summed E-state index contributed by atoms with van der Waals surface area (Å²) in [6, 6.07) is 2.68. The van der Waals surface area contributed by atoms with Crippen molar-refractivity contribution in [3.63, 3.8) is 0 Å². The molecule has 1 N–H and O–H groups in total. The van der Waals surface area contributed by atoms with E-state index in [1.54, 1.807) is 0 Å². The van der Waals surface area contributed by atoms with Gasteiger partial charge in [-0.15, -0.1) is 0 Å². The molecule has 0 rings (SSSR count). The van der Waals surface area contributed by atoms with Crippen LogP contribution in [0.25, 0.3) is 0 Å². The molecule has 0 fully saturated rings. The van der Waals surface area contributed by atoms with Crippen LogP contribution in [0, 0.1) is 11.3 Å². The average molecular weight is 211 g/mol. The number of rotatable bonds is 9. The molecule has 0 aliphatic heterocycles. The molecule has 1 atom stereocenters. The highest BCUT2D eigenvalue weighted by molar-refractivity contribution is 4.72. The standard InChI is InChI=1S/C12H25N3/c1-4-15(5-2)11-6-8-12(3)14-10-7-9-13/h12,14H,4-8,10-11H2,1-3H3. The van der Waals surface area contributed by atoms with Crippen molar-refractivity contribution in [3.8, 4) is 6.07 Å². The van der Waals surface area contributed by atoms with Crippen molar-refractivity contribution in [3.05, 3.63) is 0 Å². The van der Waals surface area contributed by atoms with E-state index in [0.29, 0.717) is 12.5 Å². The lowest BCUT2D eigenvalue weighted by atomic mass is 10.1. The molecule has 3 nitrogen and oxygen atoms in total. The minimum absolute atomic E-state index is 0.536. The molecule has 15 heavy (non-hydrogen) atoms. The highest BCUT2D eigenvalue weighted by atomic mass is 15.1. The summed E-state index contributed by atoms with van der Waals surface area (Å²) in [6.07, 6.45) is 3.05. The van der Waals surface area contributed by atoms with Gasteiger partial charge in [0.1, 0.15) is 0 Å². The molecule has 0 aromatic heterocycles. The average Bonchev–Trinajstić information content (AvgIpc) is 2.25. The van der Waals surface area contributed by atoms with Crippen LogP contribution in [0.15, 0.2) is 0 Å². The van der Waals surface area contributed by atoms with Crippen LogP contribution in [0.4, 0.5) is 0 Å². The maximum absolute atomic E-state index is 8.40.